The van der Waals surface area contributed by atoms with Crippen LogP contribution < -0.4 is 5.73 Å². The molecule has 2 heterocycles. The quantitative estimate of drug-likeness (QED) is 0.772. The summed E-state index contributed by atoms with van der Waals surface area (Å²) in [4.78, 5) is 14.1. The summed E-state index contributed by atoms with van der Waals surface area (Å²) in [5.74, 6) is 0.877. The van der Waals surface area contributed by atoms with Crippen LogP contribution >= 0.6 is 0 Å². The van der Waals surface area contributed by atoms with E-state index in [9.17, 15) is 4.79 Å². The molecule has 4 nitrogen and oxygen atoms in total. The maximum Gasteiger partial charge on any atom is 0.251 e. The van der Waals surface area contributed by atoms with Gasteiger partial charge in [-0.1, -0.05) is 13.3 Å². The van der Waals surface area contributed by atoms with E-state index >= 15 is 0 Å². The van der Waals surface area contributed by atoms with Gasteiger partial charge in [-0.3, -0.25) is 4.79 Å². The number of carbonyl (C=O) groups excluding carboxylic acids is 1. The number of hydrogen-bond donors (Lipinski definition) is 1. The molecule has 1 unspecified atom stereocenters. The SMILES string of the molecule is CCC1CCN(C(=O)[C@@H]2CC[C@H](CN)O2)C1. The Morgan fingerprint density at radius 2 is 2.25 bits per heavy atom. The molecule has 2 rings (SSSR count). The van der Waals surface area contributed by atoms with Gasteiger partial charge in [-0.15, -0.1) is 0 Å². The lowest BCUT2D eigenvalue weighted by molar-refractivity contribution is -0.141. The molecular weight excluding hydrogens is 204 g/mol. The lowest BCUT2D eigenvalue weighted by Crippen LogP contribution is -2.38. The molecule has 0 spiro atoms. The van der Waals surface area contributed by atoms with E-state index in [0.29, 0.717) is 12.5 Å². The summed E-state index contributed by atoms with van der Waals surface area (Å²) in [6.45, 7) is 4.55. The zero-order valence-electron chi connectivity index (χ0n) is 10.0. The fourth-order valence-corrected chi connectivity index (χ4v) is 2.63. The number of amides is 1. The Kier molecular flexibility index (Phi) is 3.82. The van der Waals surface area contributed by atoms with Crippen molar-refractivity contribution in [2.24, 2.45) is 11.7 Å². The molecule has 3 atom stereocenters. The Morgan fingerprint density at radius 1 is 1.44 bits per heavy atom. The third-order valence-corrected chi connectivity index (χ3v) is 3.82. The van der Waals surface area contributed by atoms with E-state index in [0.717, 1.165) is 32.4 Å². The minimum absolute atomic E-state index is 0.0959. The highest BCUT2D eigenvalue weighted by Crippen LogP contribution is 2.25. The number of nitrogens with two attached hydrogens (primary N) is 1. The number of rotatable bonds is 3. The van der Waals surface area contributed by atoms with Gasteiger partial charge in [0, 0.05) is 19.6 Å². The summed E-state index contributed by atoms with van der Waals surface area (Å²) in [5, 5.41) is 0. The van der Waals surface area contributed by atoms with Crippen LogP contribution in [0.2, 0.25) is 0 Å². The van der Waals surface area contributed by atoms with Gasteiger partial charge in [0.15, 0.2) is 0 Å². The van der Waals surface area contributed by atoms with Gasteiger partial charge in [-0.2, -0.15) is 0 Å². The van der Waals surface area contributed by atoms with Crippen LogP contribution in [0.15, 0.2) is 0 Å². The molecule has 0 aromatic rings. The van der Waals surface area contributed by atoms with Crippen molar-refractivity contribution in [3.8, 4) is 0 Å². The second-order valence-electron chi connectivity index (χ2n) is 4.91. The minimum atomic E-state index is -0.218. The Morgan fingerprint density at radius 3 is 2.81 bits per heavy atom. The van der Waals surface area contributed by atoms with E-state index in [2.05, 4.69) is 6.92 Å². The van der Waals surface area contributed by atoms with Crippen molar-refractivity contribution in [3.63, 3.8) is 0 Å². The standard InChI is InChI=1S/C12H22N2O2/c1-2-9-5-6-14(8-9)12(15)11-4-3-10(7-13)16-11/h9-11H,2-8,13H2,1H3/t9?,10-,11+/m1/s1. The van der Waals surface area contributed by atoms with Crippen LogP contribution in [0, 0.1) is 5.92 Å². The fourth-order valence-electron chi connectivity index (χ4n) is 2.63. The lowest BCUT2D eigenvalue weighted by Gasteiger charge is -2.20. The Hall–Kier alpha value is -0.610. The molecule has 2 N–H and O–H groups in total. The van der Waals surface area contributed by atoms with Gasteiger partial charge in [0.1, 0.15) is 6.10 Å². The molecule has 0 saturated carbocycles. The van der Waals surface area contributed by atoms with Gasteiger partial charge < -0.3 is 15.4 Å². The third kappa shape index (κ3) is 2.38. The molecule has 92 valence electrons. The molecule has 0 bridgehead atoms. The van der Waals surface area contributed by atoms with E-state index in [1.165, 1.54) is 6.42 Å². The summed E-state index contributed by atoms with van der Waals surface area (Å²) in [6, 6.07) is 0. The molecule has 2 aliphatic rings. The van der Waals surface area contributed by atoms with Crippen molar-refractivity contribution in [2.75, 3.05) is 19.6 Å². The maximum absolute atomic E-state index is 12.1. The van der Waals surface area contributed by atoms with Crippen LogP contribution in [0.1, 0.15) is 32.6 Å². The maximum atomic E-state index is 12.1. The zero-order valence-corrected chi connectivity index (χ0v) is 10.0. The average molecular weight is 226 g/mol. The topological polar surface area (TPSA) is 55.6 Å². The van der Waals surface area contributed by atoms with Crippen molar-refractivity contribution < 1.29 is 9.53 Å². The van der Waals surface area contributed by atoms with Crippen LogP contribution in [0.5, 0.6) is 0 Å². The summed E-state index contributed by atoms with van der Waals surface area (Å²) in [5.41, 5.74) is 5.54. The first kappa shape index (κ1) is 11.9. The number of carbonyl (C=O) groups is 1. The number of ether oxygens (including phenoxy) is 1. The summed E-state index contributed by atoms with van der Waals surface area (Å²) < 4.78 is 5.64. The molecule has 2 saturated heterocycles. The highest BCUT2D eigenvalue weighted by molar-refractivity contribution is 5.81. The highest BCUT2D eigenvalue weighted by atomic mass is 16.5. The first-order chi connectivity index (χ1) is 7.74. The van der Waals surface area contributed by atoms with Gasteiger partial charge in [0.05, 0.1) is 6.10 Å². The van der Waals surface area contributed by atoms with Gasteiger partial charge in [0.25, 0.3) is 5.91 Å². The van der Waals surface area contributed by atoms with Crippen molar-refractivity contribution in [1.29, 1.82) is 0 Å². The molecule has 16 heavy (non-hydrogen) atoms. The van der Waals surface area contributed by atoms with Crippen molar-refractivity contribution in [3.05, 3.63) is 0 Å². The highest BCUT2D eigenvalue weighted by Gasteiger charge is 2.35. The van der Waals surface area contributed by atoms with E-state index in [1.807, 2.05) is 4.90 Å². The smallest absolute Gasteiger partial charge is 0.251 e. The lowest BCUT2D eigenvalue weighted by atomic mass is 10.1. The van der Waals surface area contributed by atoms with Crippen LogP contribution in [0.25, 0.3) is 0 Å². The monoisotopic (exact) mass is 226 g/mol. The van der Waals surface area contributed by atoms with Gasteiger partial charge in [-0.05, 0) is 25.2 Å². The predicted octanol–water partition coefficient (Wildman–Crippen LogP) is 0.751. The van der Waals surface area contributed by atoms with Gasteiger partial charge in [-0.25, -0.2) is 0 Å². The fraction of sp³-hybridized carbons (Fsp3) is 0.917. The molecule has 0 aromatic heterocycles. The summed E-state index contributed by atoms with van der Waals surface area (Å²) >= 11 is 0. The number of nitrogens with zero attached hydrogens (tertiary/aromatic N) is 1. The molecular formula is C12H22N2O2. The van der Waals surface area contributed by atoms with E-state index < -0.39 is 0 Å². The van der Waals surface area contributed by atoms with Crippen LogP contribution in [0.4, 0.5) is 0 Å². The van der Waals surface area contributed by atoms with Crippen LogP contribution in [0.3, 0.4) is 0 Å². The van der Waals surface area contributed by atoms with E-state index in [-0.39, 0.29) is 18.1 Å². The zero-order chi connectivity index (χ0) is 11.5. The van der Waals surface area contributed by atoms with E-state index in [4.69, 9.17) is 10.5 Å². The number of hydrogen-bond acceptors (Lipinski definition) is 3. The number of likely N-dealkylation sites (tertiary alicyclic amines) is 1. The molecule has 0 aromatic carbocycles. The third-order valence-electron chi connectivity index (χ3n) is 3.82. The van der Waals surface area contributed by atoms with Crippen LogP contribution in [-0.2, 0) is 9.53 Å². The molecule has 2 aliphatic heterocycles. The molecule has 2 fully saturated rings. The Labute approximate surface area is 97.1 Å². The largest absolute Gasteiger partial charge is 0.364 e. The summed E-state index contributed by atoms with van der Waals surface area (Å²) in [6.07, 6.45) is 3.96. The normalized spacial score (nSPS) is 34.6. The second-order valence-corrected chi connectivity index (χ2v) is 4.91. The van der Waals surface area contributed by atoms with E-state index in [1.54, 1.807) is 0 Å². The van der Waals surface area contributed by atoms with Gasteiger partial charge in [0.2, 0.25) is 0 Å². The van der Waals surface area contributed by atoms with Crippen molar-refractivity contribution in [1.82, 2.24) is 4.90 Å². The Balaban J connectivity index is 1.84. The average Bonchev–Trinajstić information content (AvgIpc) is 2.97. The molecule has 1 amide bonds. The minimum Gasteiger partial charge on any atom is -0.364 e. The first-order valence-corrected chi connectivity index (χ1v) is 6.39. The molecule has 0 aliphatic carbocycles. The van der Waals surface area contributed by atoms with Gasteiger partial charge >= 0.3 is 0 Å². The second kappa shape index (κ2) is 5.15. The van der Waals surface area contributed by atoms with Crippen LogP contribution in [-0.4, -0.2) is 42.6 Å². The van der Waals surface area contributed by atoms with Crippen molar-refractivity contribution in [2.45, 2.75) is 44.8 Å². The predicted molar refractivity (Wildman–Crippen MR) is 61.9 cm³/mol. The summed E-state index contributed by atoms with van der Waals surface area (Å²) in [7, 11) is 0. The molecule has 4 heteroatoms. The Bertz CT molecular complexity index is 233. The first-order valence-electron chi connectivity index (χ1n) is 6.39. The van der Waals surface area contributed by atoms with Crippen molar-refractivity contribution >= 4 is 5.91 Å². The molecule has 0 radical (unpaired) electrons.